The van der Waals surface area contributed by atoms with Crippen molar-refractivity contribution >= 4 is 21.6 Å². The van der Waals surface area contributed by atoms with E-state index in [4.69, 9.17) is 14.2 Å². The predicted octanol–water partition coefficient (Wildman–Crippen LogP) is 3.07. The van der Waals surface area contributed by atoms with Gasteiger partial charge in [-0.3, -0.25) is 4.79 Å². The zero-order valence-electron chi connectivity index (χ0n) is 18.0. The highest BCUT2D eigenvalue weighted by molar-refractivity contribution is 7.89. The Morgan fingerprint density at radius 1 is 0.935 bits per heavy atom. The first kappa shape index (κ1) is 22.9. The van der Waals surface area contributed by atoms with Gasteiger partial charge in [0, 0.05) is 31.3 Å². The molecule has 0 aromatic heterocycles. The molecule has 2 aromatic rings. The summed E-state index contributed by atoms with van der Waals surface area (Å²) in [4.78, 5) is 12.7. The van der Waals surface area contributed by atoms with Gasteiger partial charge in [-0.15, -0.1) is 0 Å². The molecule has 1 amide bonds. The van der Waals surface area contributed by atoms with Crippen molar-refractivity contribution in [2.45, 2.75) is 30.6 Å². The van der Waals surface area contributed by atoms with Crippen molar-refractivity contribution in [3.63, 3.8) is 0 Å². The summed E-state index contributed by atoms with van der Waals surface area (Å²) in [5.74, 6) is 1.43. The molecule has 0 aliphatic carbocycles. The molecule has 2 aromatic carbocycles. The molecule has 0 radical (unpaired) electrons. The Morgan fingerprint density at radius 3 is 2.23 bits per heavy atom. The fourth-order valence-electron chi connectivity index (χ4n) is 3.57. The van der Waals surface area contributed by atoms with Crippen LogP contribution in [0.4, 0.5) is 5.69 Å². The van der Waals surface area contributed by atoms with Crippen LogP contribution in [0.15, 0.2) is 41.3 Å². The number of nitrogens with one attached hydrogen (secondary N) is 1. The summed E-state index contributed by atoms with van der Waals surface area (Å²) in [6.07, 6.45) is 2.25. The van der Waals surface area contributed by atoms with Crippen LogP contribution in [0, 0.1) is 0 Å². The highest BCUT2D eigenvalue weighted by Crippen LogP contribution is 2.30. The normalized spacial score (nSPS) is 14.3. The number of hydrogen-bond donors (Lipinski definition) is 1. The second-order valence-corrected chi connectivity index (χ2v) is 9.14. The molecule has 31 heavy (non-hydrogen) atoms. The molecule has 1 saturated heterocycles. The van der Waals surface area contributed by atoms with Gasteiger partial charge in [0.2, 0.25) is 15.9 Å². The van der Waals surface area contributed by atoms with Gasteiger partial charge in [0.25, 0.3) is 0 Å². The molecule has 9 heteroatoms. The lowest BCUT2D eigenvalue weighted by molar-refractivity contribution is -0.116. The molecule has 0 unspecified atom stereocenters. The average Bonchev–Trinajstić information content (AvgIpc) is 3.33. The summed E-state index contributed by atoms with van der Waals surface area (Å²) in [6.45, 7) is 1.08. The zero-order valence-corrected chi connectivity index (χ0v) is 18.8. The summed E-state index contributed by atoms with van der Waals surface area (Å²) in [5, 5.41) is 2.82. The topological polar surface area (TPSA) is 94.2 Å². The predicted molar refractivity (Wildman–Crippen MR) is 117 cm³/mol. The van der Waals surface area contributed by atoms with E-state index in [2.05, 4.69) is 5.32 Å². The number of ether oxygens (including phenoxy) is 3. The van der Waals surface area contributed by atoms with E-state index >= 15 is 0 Å². The largest absolute Gasteiger partial charge is 0.496 e. The van der Waals surface area contributed by atoms with Gasteiger partial charge < -0.3 is 19.5 Å². The molecule has 1 fully saturated rings. The van der Waals surface area contributed by atoms with Crippen LogP contribution in [0.3, 0.4) is 0 Å². The minimum absolute atomic E-state index is 0.165. The van der Waals surface area contributed by atoms with Crippen molar-refractivity contribution in [3.8, 4) is 17.2 Å². The van der Waals surface area contributed by atoms with Crippen LogP contribution in [-0.4, -0.2) is 53.0 Å². The van der Waals surface area contributed by atoms with Gasteiger partial charge in [-0.25, -0.2) is 8.42 Å². The van der Waals surface area contributed by atoms with Crippen LogP contribution in [0.2, 0.25) is 0 Å². The van der Waals surface area contributed by atoms with E-state index in [0.717, 1.165) is 12.8 Å². The average molecular weight is 449 g/mol. The molecule has 1 N–H and O–H groups in total. The summed E-state index contributed by atoms with van der Waals surface area (Å²) < 4.78 is 43.1. The maximum atomic E-state index is 12.9. The number of carbonyl (C=O) groups is 1. The lowest BCUT2D eigenvalue weighted by Crippen LogP contribution is -2.28. The van der Waals surface area contributed by atoms with Gasteiger partial charge in [-0.1, -0.05) is 0 Å². The maximum Gasteiger partial charge on any atom is 0.243 e. The van der Waals surface area contributed by atoms with Crippen LogP contribution in [0.5, 0.6) is 17.2 Å². The van der Waals surface area contributed by atoms with Gasteiger partial charge in [-0.05, 0) is 55.2 Å². The van der Waals surface area contributed by atoms with Crippen LogP contribution >= 0.6 is 0 Å². The standard InChI is InChI=1S/C22H28N2O6S/c1-28-19-10-8-18(31(26,27)24-12-4-5-13-24)14-16(19)6-11-22(25)23-17-7-9-20(29-2)21(15-17)30-3/h7-10,14-15H,4-6,11-13H2,1-3H3,(H,23,25). The van der Waals surface area contributed by atoms with E-state index in [1.54, 1.807) is 43.5 Å². The third-order valence-electron chi connectivity index (χ3n) is 5.24. The number of rotatable bonds is 9. The molecule has 0 atom stereocenters. The number of carbonyl (C=O) groups excluding carboxylic acids is 1. The molecule has 1 aliphatic rings. The van der Waals surface area contributed by atoms with Gasteiger partial charge >= 0.3 is 0 Å². The number of hydrogen-bond acceptors (Lipinski definition) is 6. The smallest absolute Gasteiger partial charge is 0.243 e. The first-order chi connectivity index (χ1) is 14.9. The maximum absolute atomic E-state index is 12.9. The monoisotopic (exact) mass is 448 g/mol. The summed E-state index contributed by atoms with van der Waals surface area (Å²) in [6, 6.07) is 9.92. The van der Waals surface area contributed by atoms with Crippen molar-refractivity contribution in [2.75, 3.05) is 39.7 Å². The van der Waals surface area contributed by atoms with Crippen LogP contribution in [-0.2, 0) is 21.2 Å². The lowest BCUT2D eigenvalue weighted by atomic mass is 10.1. The molecule has 8 nitrogen and oxygen atoms in total. The first-order valence-electron chi connectivity index (χ1n) is 10.1. The Balaban J connectivity index is 1.71. The fourth-order valence-corrected chi connectivity index (χ4v) is 5.14. The van der Waals surface area contributed by atoms with Crippen molar-refractivity contribution < 1.29 is 27.4 Å². The van der Waals surface area contributed by atoms with Crippen molar-refractivity contribution in [2.24, 2.45) is 0 Å². The van der Waals surface area contributed by atoms with Gasteiger partial charge in [0.15, 0.2) is 11.5 Å². The Hall–Kier alpha value is -2.78. The molecule has 0 saturated carbocycles. The number of amides is 1. The number of nitrogens with zero attached hydrogens (tertiary/aromatic N) is 1. The molecule has 3 rings (SSSR count). The highest BCUT2D eigenvalue weighted by Gasteiger charge is 2.27. The molecule has 168 valence electrons. The van der Waals surface area contributed by atoms with Crippen molar-refractivity contribution in [3.05, 3.63) is 42.0 Å². The number of anilines is 1. The van der Waals surface area contributed by atoms with E-state index in [1.165, 1.54) is 18.5 Å². The van der Waals surface area contributed by atoms with E-state index in [0.29, 0.717) is 48.0 Å². The van der Waals surface area contributed by atoms with Crippen LogP contribution in [0.1, 0.15) is 24.8 Å². The SMILES string of the molecule is COc1ccc(S(=O)(=O)N2CCCC2)cc1CCC(=O)Nc1ccc(OC)c(OC)c1. The van der Waals surface area contributed by atoms with E-state index in [9.17, 15) is 13.2 Å². The zero-order chi connectivity index (χ0) is 22.4. The Bertz CT molecular complexity index is 1030. The minimum Gasteiger partial charge on any atom is -0.496 e. The molecular formula is C22H28N2O6S. The summed E-state index contributed by atoms with van der Waals surface area (Å²) in [5.41, 5.74) is 1.25. The van der Waals surface area contributed by atoms with Crippen LogP contribution < -0.4 is 19.5 Å². The Morgan fingerprint density at radius 2 is 1.58 bits per heavy atom. The third-order valence-corrected chi connectivity index (χ3v) is 7.14. The van der Waals surface area contributed by atoms with Crippen molar-refractivity contribution in [1.82, 2.24) is 4.31 Å². The molecule has 1 aliphatic heterocycles. The third kappa shape index (κ3) is 5.29. The van der Waals surface area contributed by atoms with Crippen LogP contribution in [0.25, 0.3) is 0 Å². The molecule has 1 heterocycles. The van der Waals surface area contributed by atoms with E-state index in [-0.39, 0.29) is 17.2 Å². The molecule has 0 spiro atoms. The Kier molecular flexibility index (Phi) is 7.40. The molecular weight excluding hydrogens is 420 g/mol. The molecule has 0 bridgehead atoms. The minimum atomic E-state index is -3.54. The highest BCUT2D eigenvalue weighted by atomic mass is 32.2. The number of sulfonamides is 1. The number of methoxy groups -OCH3 is 3. The quantitative estimate of drug-likeness (QED) is 0.634. The van der Waals surface area contributed by atoms with Gasteiger partial charge in [0.1, 0.15) is 5.75 Å². The van der Waals surface area contributed by atoms with Gasteiger partial charge in [-0.2, -0.15) is 4.31 Å². The first-order valence-corrected chi connectivity index (χ1v) is 11.5. The van der Waals surface area contributed by atoms with E-state index < -0.39 is 10.0 Å². The lowest BCUT2D eigenvalue weighted by Gasteiger charge is -2.17. The summed E-state index contributed by atoms with van der Waals surface area (Å²) >= 11 is 0. The number of benzene rings is 2. The van der Waals surface area contributed by atoms with Gasteiger partial charge in [0.05, 0.1) is 26.2 Å². The van der Waals surface area contributed by atoms with E-state index in [1.807, 2.05) is 0 Å². The Labute approximate surface area is 183 Å². The second kappa shape index (κ2) is 10.0. The second-order valence-electron chi connectivity index (χ2n) is 7.20. The van der Waals surface area contributed by atoms with Crippen molar-refractivity contribution in [1.29, 1.82) is 0 Å². The number of aryl methyl sites for hydroxylation is 1. The fraction of sp³-hybridized carbons (Fsp3) is 0.409. The summed E-state index contributed by atoms with van der Waals surface area (Å²) in [7, 11) is 1.06.